The summed E-state index contributed by atoms with van der Waals surface area (Å²) in [6.45, 7) is 0. The molecule has 2 unspecified atom stereocenters. The molecule has 3 aromatic carbocycles. The van der Waals surface area contributed by atoms with Crippen LogP contribution in [0.1, 0.15) is 35.4 Å². The van der Waals surface area contributed by atoms with Crippen molar-refractivity contribution in [3.63, 3.8) is 0 Å². The second-order valence-electron chi connectivity index (χ2n) is 6.66. The minimum absolute atomic E-state index is 0.116. The van der Waals surface area contributed by atoms with E-state index >= 15 is 0 Å². The molecule has 0 saturated heterocycles. The molecule has 0 radical (unpaired) electrons. The number of ether oxygens (including phenoxy) is 1. The third-order valence-electron chi connectivity index (χ3n) is 5.05. The molecule has 0 aromatic heterocycles. The van der Waals surface area contributed by atoms with Crippen LogP contribution in [-0.4, -0.2) is 10.7 Å². The standard InChI is InChI=1S/C22H16F2N2O/c23-16-10-6-11-17(24)21(16)22-26-19(15-9-4-5-12-20(15)27-22)13-18(25-26)14-7-2-1-3-8-14/h1-12,19,22H,13H2. The quantitative estimate of drug-likeness (QED) is 0.625. The largest absolute Gasteiger partial charge is 0.464 e. The average Bonchev–Trinajstić information content (AvgIpc) is 3.14. The average molecular weight is 362 g/mol. The number of benzene rings is 3. The third-order valence-corrected chi connectivity index (χ3v) is 5.05. The van der Waals surface area contributed by atoms with E-state index < -0.39 is 17.9 Å². The molecule has 2 heterocycles. The zero-order valence-corrected chi connectivity index (χ0v) is 14.3. The molecule has 2 aliphatic rings. The summed E-state index contributed by atoms with van der Waals surface area (Å²) in [6.07, 6.45) is -0.302. The zero-order valence-electron chi connectivity index (χ0n) is 14.3. The normalized spacial score (nSPS) is 20.5. The summed E-state index contributed by atoms with van der Waals surface area (Å²) in [6, 6.07) is 21.1. The van der Waals surface area contributed by atoms with E-state index in [0.717, 1.165) is 16.8 Å². The van der Waals surface area contributed by atoms with Gasteiger partial charge >= 0.3 is 0 Å². The summed E-state index contributed by atoms with van der Waals surface area (Å²) in [5.74, 6) is -0.640. The molecule has 134 valence electrons. The van der Waals surface area contributed by atoms with Gasteiger partial charge in [-0.2, -0.15) is 5.10 Å². The monoisotopic (exact) mass is 362 g/mol. The van der Waals surface area contributed by atoms with Crippen molar-refractivity contribution in [3.8, 4) is 5.75 Å². The number of halogens is 2. The number of nitrogens with zero attached hydrogens (tertiary/aromatic N) is 2. The van der Waals surface area contributed by atoms with Crippen LogP contribution in [0.3, 0.4) is 0 Å². The lowest BCUT2D eigenvalue weighted by Crippen LogP contribution is -2.34. The molecular weight excluding hydrogens is 346 g/mol. The first-order valence-electron chi connectivity index (χ1n) is 8.83. The van der Waals surface area contributed by atoms with Gasteiger partial charge in [-0.1, -0.05) is 54.6 Å². The van der Waals surface area contributed by atoms with Crippen molar-refractivity contribution in [2.75, 3.05) is 0 Å². The second-order valence-corrected chi connectivity index (χ2v) is 6.66. The van der Waals surface area contributed by atoms with Gasteiger partial charge in [-0.15, -0.1) is 0 Å². The Kier molecular flexibility index (Phi) is 3.67. The van der Waals surface area contributed by atoms with Crippen molar-refractivity contribution in [1.29, 1.82) is 0 Å². The molecule has 3 aromatic rings. The summed E-state index contributed by atoms with van der Waals surface area (Å²) in [5.41, 5.74) is 2.73. The highest BCUT2D eigenvalue weighted by molar-refractivity contribution is 6.01. The van der Waals surface area contributed by atoms with Gasteiger partial charge in [0.15, 0.2) is 0 Å². The number of hydrogen-bond acceptors (Lipinski definition) is 3. The molecule has 27 heavy (non-hydrogen) atoms. The van der Waals surface area contributed by atoms with Gasteiger partial charge in [-0.25, -0.2) is 13.8 Å². The molecular formula is C22H16F2N2O. The van der Waals surface area contributed by atoms with Gasteiger partial charge in [0.25, 0.3) is 0 Å². The SMILES string of the molecule is Fc1cccc(F)c1C1Oc2ccccc2C2CC(c3ccccc3)=NN21. The van der Waals surface area contributed by atoms with Crippen molar-refractivity contribution >= 4 is 5.71 Å². The first-order chi connectivity index (χ1) is 13.2. The minimum atomic E-state index is -0.952. The molecule has 5 rings (SSSR count). The van der Waals surface area contributed by atoms with Crippen molar-refractivity contribution < 1.29 is 13.5 Å². The number of hydrogen-bond donors (Lipinski definition) is 0. The lowest BCUT2D eigenvalue weighted by atomic mass is 9.96. The van der Waals surface area contributed by atoms with Crippen LogP contribution in [0.4, 0.5) is 8.78 Å². The molecule has 0 N–H and O–H groups in total. The van der Waals surface area contributed by atoms with Gasteiger partial charge in [-0.3, -0.25) is 0 Å². The smallest absolute Gasteiger partial charge is 0.219 e. The summed E-state index contributed by atoms with van der Waals surface area (Å²) in [4.78, 5) is 0. The van der Waals surface area contributed by atoms with E-state index in [0.29, 0.717) is 12.2 Å². The lowest BCUT2D eigenvalue weighted by molar-refractivity contribution is -0.0234. The van der Waals surface area contributed by atoms with E-state index in [1.165, 1.54) is 18.2 Å². The highest BCUT2D eigenvalue weighted by atomic mass is 19.1. The predicted octanol–water partition coefficient (Wildman–Crippen LogP) is 5.21. The van der Waals surface area contributed by atoms with E-state index in [4.69, 9.17) is 9.84 Å². The van der Waals surface area contributed by atoms with Crippen molar-refractivity contribution in [3.05, 3.63) is 101 Å². The molecule has 0 amide bonds. The number of para-hydroxylation sites is 1. The predicted molar refractivity (Wildman–Crippen MR) is 98.3 cm³/mol. The molecule has 0 aliphatic carbocycles. The maximum absolute atomic E-state index is 14.5. The van der Waals surface area contributed by atoms with Gasteiger partial charge < -0.3 is 4.74 Å². The van der Waals surface area contributed by atoms with Crippen LogP contribution in [0.5, 0.6) is 5.75 Å². The number of hydrazone groups is 1. The molecule has 2 aliphatic heterocycles. The van der Waals surface area contributed by atoms with E-state index in [1.54, 1.807) is 5.01 Å². The van der Waals surface area contributed by atoms with Gasteiger partial charge in [0.05, 0.1) is 17.3 Å². The Morgan fingerprint density at radius 2 is 1.56 bits per heavy atom. The molecule has 2 atom stereocenters. The molecule has 0 saturated carbocycles. The Balaban J connectivity index is 1.65. The van der Waals surface area contributed by atoms with E-state index in [9.17, 15) is 8.78 Å². The topological polar surface area (TPSA) is 24.8 Å². The maximum atomic E-state index is 14.5. The van der Waals surface area contributed by atoms with E-state index in [-0.39, 0.29) is 11.6 Å². The Morgan fingerprint density at radius 3 is 2.33 bits per heavy atom. The Bertz CT molecular complexity index is 1020. The van der Waals surface area contributed by atoms with E-state index in [1.807, 2.05) is 54.6 Å². The van der Waals surface area contributed by atoms with Crippen LogP contribution in [0.25, 0.3) is 0 Å². The fourth-order valence-corrected chi connectivity index (χ4v) is 3.78. The Labute approximate surface area is 155 Å². The molecule has 0 bridgehead atoms. The summed E-state index contributed by atoms with van der Waals surface area (Å²) >= 11 is 0. The maximum Gasteiger partial charge on any atom is 0.219 e. The first-order valence-corrected chi connectivity index (χ1v) is 8.83. The van der Waals surface area contributed by atoms with Crippen LogP contribution in [0.15, 0.2) is 77.9 Å². The van der Waals surface area contributed by atoms with Crippen molar-refractivity contribution in [2.45, 2.75) is 18.7 Å². The van der Waals surface area contributed by atoms with Crippen LogP contribution in [-0.2, 0) is 0 Å². The van der Waals surface area contributed by atoms with Gasteiger partial charge in [0.1, 0.15) is 17.4 Å². The van der Waals surface area contributed by atoms with Crippen LogP contribution in [0, 0.1) is 11.6 Å². The second kappa shape index (κ2) is 6.20. The first kappa shape index (κ1) is 16.0. The fraction of sp³-hybridized carbons (Fsp3) is 0.136. The fourth-order valence-electron chi connectivity index (χ4n) is 3.78. The van der Waals surface area contributed by atoms with Crippen LogP contribution in [0.2, 0.25) is 0 Å². The summed E-state index contributed by atoms with van der Waals surface area (Å²) in [7, 11) is 0. The minimum Gasteiger partial charge on any atom is -0.464 e. The third kappa shape index (κ3) is 2.58. The Morgan fingerprint density at radius 1 is 0.852 bits per heavy atom. The summed E-state index contributed by atoms with van der Waals surface area (Å²) < 4.78 is 35.0. The summed E-state index contributed by atoms with van der Waals surface area (Å²) in [5, 5.41) is 6.40. The van der Waals surface area contributed by atoms with Crippen LogP contribution < -0.4 is 4.74 Å². The van der Waals surface area contributed by atoms with Crippen molar-refractivity contribution in [2.24, 2.45) is 5.10 Å². The molecule has 0 spiro atoms. The highest BCUT2D eigenvalue weighted by Gasteiger charge is 2.42. The van der Waals surface area contributed by atoms with Gasteiger partial charge in [-0.05, 0) is 23.8 Å². The Hall–Kier alpha value is -3.21. The lowest BCUT2D eigenvalue weighted by Gasteiger charge is -2.38. The zero-order chi connectivity index (χ0) is 18.4. The number of rotatable bonds is 2. The van der Waals surface area contributed by atoms with Crippen molar-refractivity contribution in [1.82, 2.24) is 5.01 Å². The van der Waals surface area contributed by atoms with Crippen LogP contribution >= 0.6 is 0 Å². The molecule has 3 nitrogen and oxygen atoms in total. The number of fused-ring (bicyclic) bond motifs is 3. The molecule has 0 fully saturated rings. The van der Waals surface area contributed by atoms with Gasteiger partial charge in [0, 0.05) is 12.0 Å². The molecule has 5 heteroatoms. The van der Waals surface area contributed by atoms with Gasteiger partial charge in [0.2, 0.25) is 6.23 Å². The van der Waals surface area contributed by atoms with E-state index in [2.05, 4.69) is 0 Å². The highest BCUT2D eigenvalue weighted by Crippen LogP contribution is 2.48.